The smallest absolute Gasteiger partial charge is 0.153 e. The predicted octanol–water partition coefficient (Wildman–Crippen LogP) is 2.02. The number of aromatic nitrogens is 2. The van der Waals surface area contributed by atoms with E-state index in [0.717, 1.165) is 6.54 Å². The predicted molar refractivity (Wildman–Crippen MR) is 48.0 cm³/mol. The van der Waals surface area contributed by atoms with Crippen LogP contribution in [0.1, 0.15) is 26.7 Å². The van der Waals surface area contributed by atoms with Crippen molar-refractivity contribution >= 4 is 0 Å². The fraction of sp³-hybridized carbons (Fsp3) is 0.667. The van der Waals surface area contributed by atoms with Gasteiger partial charge in [0.1, 0.15) is 0 Å². The molecule has 1 atom stereocenters. The van der Waals surface area contributed by atoms with E-state index in [2.05, 4.69) is 18.9 Å². The molecule has 0 bridgehead atoms. The van der Waals surface area contributed by atoms with Gasteiger partial charge in [-0.1, -0.05) is 20.3 Å². The van der Waals surface area contributed by atoms with Crippen molar-refractivity contribution in [2.24, 2.45) is 5.92 Å². The Kier molecular flexibility index (Phi) is 3.14. The first-order valence-electron chi connectivity index (χ1n) is 4.43. The van der Waals surface area contributed by atoms with Crippen molar-refractivity contribution in [1.29, 1.82) is 0 Å². The molecule has 1 aromatic heterocycles. The highest BCUT2D eigenvalue weighted by Gasteiger charge is 2.02. The lowest BCUT2D eigenvalue weighted by molar-refractivity contribution is 0.417. The summed E-state index contributed by atoms with van der Waals surface area (Å²) in [6, 6.07) is 0. The van der Waals surface area contributed by atoms with Gasteiger partial charge in [0.25, 0.3) is 0 Å². The Hall–Kier alpha value is -0.990. The Morgan fingerprint density at radius 3 is 2.92 bits per heavy atom. The van der Waals surface area contributed by atoms with Crippen LogP contribution >= 0.6 is 0 Å². The Labute approximate surface area is 73.0 Å². The third kappa shape index (κ3) is 2.57. The monoisotopic (exact) mass is 168 g/mol. The van der Waals surface area contributed by atoms with Crippen LogP contribution < -0.4 is 0 Å². The van der Waals surface area contributed by atoms with Gasteiger partial charge in [0.15, 0.2) is 5.75 Å². The lowest BCUT2D eigenvalue weighted by atomic mass is 10.1. The van der Waals surface area contributed by atoms with E-state index in [1.807, 2.05) is 0 Å². The summed E-state index contributed by atoms with van der Waals surface area (Å²) in [5, 5.41) is 13.0. The molecule has 0 aliphatic heterocycles. The van der Waals surface area contributed by atoms with Gasteiger partial charge in [0, 0.05) is 6.54 Å². The zero-order valence-electron chi connectivity index (χ0n) is 7.70. The highest BCUT2D eigenvalue weighted by molar-refractivity contribution is 5.08. The third-order valence-electron chi connectivity index (χ3n) is 1.90. The van der Waals surface area contributed by atoms with Gasteiger partial charge in [-0.25, -0.2) is 0 Å². The first-order valence-corrected chi connectivity index (χ1v) is 4.43. The largest absolute Gasteiger partial charge is 0.505 e. The third-order valence-corrected chi connectivity index (χ3v) is 1.90. The van der Waals surface area contributed by atoms with E-state index < -0.39 is 0 Å². The van der Waals surface area contributed by atoms with Crippen molar-refractivity contribution in [1.82, 2.24) is 9.78 Å². The number of nitrogens with zero attached hydrogens (tertiary/aromatic N) is 2. The number of aromatic hydroxyl groups is 1. The summed E-state index contributed by atoms with van der Waals surface area (Å²) in [6.07, 6.45) is 5.54. The maximum atomic E-state index is 9.01. The van der Waals surface area contributed by atoms with Gasteiger partial charge < -0.3 is 5.11 Å². The molecular formula is C9H16N2O. The second kappa shape index (κ2) is 4.14. The van der Waals surface area contributed by atoms with Gasteiger partial charge in [-0.3, -0.25) is 4.68 Å². The van der Waals surface area contributed by atoms with Crippen LogP contribution in [0.3, 0.4) is 0 Å². The molecule has 0 saturated heterocycles. The fourth-order valence-corrected chi connectivity index (χ4v) is 1.36. The number of rotatable bonds is 4. The highest BCUT2D eigenvalue weighted by Crippen LogP contribution is 2.10. The summed E-state index contributed by atoms with van der Waals surface area (Å²) in [7, 11) is 0. The molecule has 1 heterocycles. The molecule has 68 valence electrons. The lowest BCUT2D eigenvalue weighted by Gasteiger charge is -2.08. The van der Waals surface area contributed by atoms with Gasteiger partial charge in [-0.2, -0.15) is 5.10 Å². The molecule has 0 radical (unpaired) electrons. The quantitative estimate of drug-likeness (QED) is 0.747. The lowest BCUT2D eigenvalue weighted by Crippen LogP contribution is -2.07. The molecule has 0 amide bonds. The number of hydrogen-bond donors (Lipinski definition) is 1. The van der Waals surface area contributed by atoms with Gasteiger partial charge in [0.2, 0.25) is 0 Å². The van der Waals surface area contributed by atoms with Crippen molar-refractivity contribution in [3.8, 4) is 5.75 Å². The topological polar surface area (TPSA) is 38.0 Å². The zero-order chi connectivity index (χ0) is 8.97. The molecule has 3 nitrogen and oxygen atoms in total. The Morgan fingerprint density at radius 2 is 2.42 bits per heavy atom. The summed E-state index contributed by atoms with van der Waals surface area (Å²) >= 11 is 0. The minimum Gasteiger partial charge on any atom is -0.505 e. The van der Waals surface area contributed by atoms with E-state index >= 15 is 0 Å². The van der Waals surface area contributed by atoms with Gasteiger partial charge in [0.05, 0.1) is 12.4 Å². The summed E-state index contributed by atoms with van der Waals surface area (Å²) in [5.41, 5.74) is 0. The minimum atomic E-state index is 0.249. The van der Waals surface area contributed by atoms with E-state index in [-0.39, 0.29) is 5.75 Å². The molecule has 0 aliphatic carbocycles. The molecule has 0 spiro atoms. The van der Waals surface area contributed by atoms with Crippen LogP contribution in [0.4, 0.5) is 0 Å². The summed E-state index contributed by atoms with van der Waals surface area (Å²) in [4.78, 5) is 0. The second-order valence-corrected chi connectivity index (χ2v) is 3.31. The molecule has 3 heteroatoms. The van der Waals surface area contributed by atoms with Crippen molar-refractivity contribution in [2.75, 3.05) is 0 Å². The molecule has 0 aromatic carbocycles. The summed E-state index contributed by atoms with van der Waals surface area (Å²) in [5.74, 6) is 0.882. The second-order valence-electron chi connectivity index (χ2n) is 3.31. The molecule has 1 aromatic rings. The van der Waals surface area contributed by atoms with Crippen LogP contribution in [0.15, 0.2) is 12.4 Å². The first-order chi connectivity index (χ1) is 5.72. The Morgan fingerprint density at radius 1 is 1.67 bits per heavy atom. The van der Waals surface area contributed by atoms with Gasteiger partial charge >= 0.3 is 0 Å². The summed E-state index contributed by atoms with van der Waals surface area (Å²) in [6.45, 7) is 5.27. The van der Waals surface area contributed by atoms with E-state index in [1.54, 1.807) is 10.9 Å². The van der Waals surface area contributed by atoms with Crippen LogP contribution in [-0.4, -0.2) is 14.9 Å². The standard InChI is InChI=1S/C9H16N2O/c1-3-4-8(2)6-11-7-9(12)5-10-11/h5,7-8,12H,3-4,6H2,1-2H3. The van der Waals surface area contributed by atoms with E-state index in [4.69, 9.17) is 5.11 Å². The molecule has 1 N–H and O–H groups in total. The average molecular weight is 168 g/mol. The van der Waals surface area contributed by atoms with Crippen molar-refractivity contribution in [3.05, 3.63) is 12.4 Å². The van der Waals surface area contributed by atoms with Crippen LogP contribution in [0.5, 0.6) is 5.75 Å². The summed E-state index contributed by atoms with van der Waals surface area (Å²) < 4.78 is 1.79. The van der Waals surface area contributed by atoms with Gasteiger partial charge in [-0.05, 0) is 12.3 Å². The first kappa shape index (κ1) is 9.10. The van der Waals surface area contributed by atoms with Crippen molar-refractivity contribution in [2.45, 2.75) is 33.2 Å². The molecule has 0 saturated carbocycles. The molecule has 0 fully saturated rings. The van der Waals surface area contributed by atoms with Crippen molar-refractivity contribution in [3.63, 3.8) is 0 Å². The maximum Gasteiger partial charge on any atom is 0.153 e. The van der Waals surface area contributed by atoms with E-state index in [9.17, 15) is 0 Å². The van der Waals surface area contributed by atoms with E-state index in [0.29, 0.717) is 5.92 Å². The van der Waals surface area contributed by atoms with Crippen molar-refractivity contribution < 1.29 is 5.11 Å². The number of hydrogen-bond acceptors (Lipinski definition) is 2. The SMILES string of the molecule is CCCC(C)Cn1cc(O)cn1. The normalized spacial score (nSPS) is 13.2. The molecule has 1 unspecified atom stereocenters. The van der Waals surface area contributed by atoms with Crippen LogP contribution in [0, 0.1) is 5.92 Å². The molecule has 0 aliphatic rings. The van der Waals surface area contributed by atoms with Crippen LogP contribution in [0.2, 0.25) is 0 Å². The molecule has 1 rings (SSSR count). The molecular weight excluding hydrogens is 152 g/mol. The Bertz CT molecular complexity index is 232. The van der Waals surface area contributed by atoms with Crippen LogP contribution in [-0.2, 0) is 6.54 Å². The average Bonchev–Trinajstić information content (AvgIpc) is 2.36. The minimum absolute atomic E-state index is 0.249. The Balaban J connectivity index is 2.41. The fourth-order valence-electron chi connectivity index (χ4n) is 1.36. The maximum absolute atomic E-state index is 9.01. The van der Waals surface area contributed by atoms with E-state index in [1.165, 1.54) is 19.0 Å². The highest BCUT2D eigenvalue weighted by atomic mass is 16.3. The zero-order valence-corrected chi connectivity index (χ0v) is 7.70. The van der Waals surface area contributed by atoms with Gasteiger partial charge in [-0.15, -0.1) is 0 Å². The van der Waals surface area contributed by atoms with Crippen LogP contribution in [0.25, 0.3) is 0 Å². The molecule has 12 heavy (non-hydrogen) atoms.